The maximum absolute atomic E-state index is 9.00. The Kier molecular flexibility index (Phi) is 4.28. The summed E-state index contributed by atoms with van der Waals surface area (Å²) in [5.74, 6) is 1.66. The lowest BCUT2D eigenvalue weighted by Crippen LogP contribution is -1.85. The van der Waals surface area contributed by atoms with Gasteiger partial charge in [-0.05, 0) is 29.8 Å². The van der Waals surface area contributed by atoms with Crippen LogP contribution in [-0.4, -0.2) is 20.2 Å². The van der Waals surface area contributed by atoms with Crippen LogP contribution in [0.4, 0.5) is 0 Å². The number of pyridine rings is 1. The highest BCUT2D eigenvalue weighted by Gasteiger charge is 2.09. The molecule has 2 heterocycles. The van der Waals surface area contributed by atoms with E-state index in [1.54, 1.807) is 18.0 Å². The SMILES string of the molecule is OCc1ccc(SCc2nc(-c3ccccn3)no2)cc1. The fourth-order valence-corrected chi connectivity index (χ4v) is 2.48. The third-order valence-electron chi connectivity index (χ3n) is 2.83. The Bertz CT molecular complexity index is 698. The van der Waals surface area contributed by atoms with E-state index >= 15 is 0 Å². The maximum atomic E-state index is 9.00. The molecule has 0 radical (unpaired) electrons. The van der Waals surface area contributed by atoms with Gasteiger partial charge in [-0.1, -0.05) is 23.4 Å². The number of aliphatic hydroxyl groups is 1. The van der Waals surface area contributed by atoms with Gasteiger partial charge in [0.05, 0.1) is 12.4 Å². The molecule has 21 heavy (non-hydrogen) atoms. The van der Waals surface area contributed by atoms with Gasteiger partial charge in [-0.15, -0.1) is 11.8 Å². The largest absolute Gasteiger partial charge is 0.392 e. The highest BCUT2D eigenvalue weighted by molar-refractivity contribution is 7.98. The monoisotopic (exact) mass is 299 g/mol. The predicted octanol–water partition coefficient (Wildman–Crippen LogP) is 2.92. The first-order chi connectivity index (χ1) is 10.3. The Hall–Kier alpha value is -2.18. The number of nitrogens with zero attached hydrogens (tertiary/aromatic N) is 3. The lowest BCUT2D eigenvalue weighted by molar-refractivity contribution is 0.282. The van der Waals surface area contributed by atoms with Crippen LogP contribution in [-0.2, 0) is 12.4 Å². The number of rotatable bonds is 5. The van der Waals surface area contributed by atoms with Crippen LogP contribution in [0.3, 0.4) is 0 Å². The molecule has 0 aliphatic rings. The summed E-state index contributed by atoms with van der Waals surface area (Å²) in [7, 11) is 0. The van der Waals surface area contributed by atoms with Crippen LogP contribution < -0.4 is 0 Å². The lowest BCUT2D eigenvalue weighted by atomic mass is 10.2. The van der Waals surface area contributed by atoms with Crippen molar-refractivity contribution in [1.82, 2.24) is 15.1 Å². The second-order valence-electron chi connectivity index (χ2n) is 4.32. The zero-order valence-electron chi connectivity index (χ0n) is 11.1. The summed E-state index contributed by atoms with van der Waals surface area (Å²) in [5, 5.41) is 12.9. The molecule has 6 heteroatoms. The smallest absolute Gasteiger partial charge is 0.237 e. The van der Waals surface area contributed by atoms with Crippen molar-refractivity contribution in [2.45, 2.75) is 17.3 Å². The molecule has 0 bridgehead atoms. The quantitative estimate of drug-likeness (QED) is 0.730. The second-order valence-corrected chi connectivity index (χ2v) is 5.37. The number of aliphatic hydroxyl groups excluding tert-OH is 1. The fraction of sp³-hybridized carbons (Fsp3) is 0.133. The van der Waals surface area contributed by atoms with Crippen molar-refractivity contribution in [2.75, 3.05) is 0 Å². The normalized spacial score (nSPS) is 10.7. The van der Waals surface area contributed by atoms with Crippen LogP contribution in [0.25, 0.3) is 11.5 Å². The minimum atomic E-state index is 0.0576. The zero-order valence-corrected chi connectivity index (χ0v) is 12.0. The van der Waals surface area contributed by atoms with Crippen LogP contribution >= 0.6 is 11.8 Å². The Morgan fingerprint density at radius 1 is 1.10 bits per heavy atom. The second kappa shape index (κ2) is 6.51. The van der Waals surface area contributed by atoms with E-state index in [0.29, 0.717) is 23.2 Å². The number of hydrogen-bond acceptors (Lipinski definition) is 6. The molecule has 0 aliphatic heterocycles. The number of hydrogen-bond donors (Lipinski definition) is 1. The topological polar surface area (TPSA) is 72.0 Å². The molecule has 0 fully saturated rings. The molecule has 3 aromatic rings. The molecule has 106 valence electrons. The zero-order chi connectivity index (χ0) is 14.5. The number of thioether (sulfide) groups is 1. The van der Waals surface area contributed by atoms with Gasteiger partial charge in [0.25, 0.3) is 0 Å². The first-order valence-corrected chi connectivity index (χ1v) is 7.40. The van der Waals surface area contributed by atoms with Crippen LogP contribution in [0.5, 0.6) is 0 Å². The molecule has 5 nitrogen and oxygen atoms in total. The first-order valence-electron chi connectivity index (χ1n) is 6.42. The van der Waals surface area contributed by atoms with E-state index in [9.17, 15) is 0 Å². The van der Waals surface area contributed by atoms with E-state index in [1.807, 2.05) is 42.5 Å². The Morgan fingerprint density at radius 3 is 2.67 bits per heavy atom. The molecule has 2 aromatic heterocycles. The van der Waals surface area contributed by atoms with Gasteiger partial charge in [-0.2, -0.15) is 4.98 Å². The van der Waals surface area contributed by atoms with Gasteiger partial charge in [0.1, 0.15) is 5.69 Å². The Morgan fingerprint density at radius 2 is 1.95 bits per heavy atom. The van der Waals surface area contributed by atoms with E-state index in [0.717, 1.165) is 10.5 Å². The maximum Gasteiger partial charge on any atom is 0.237 e. The van der Waals surface area contributed by atoms with Crippen molar-refractivity contribution in [3.8, 4) is 11.5 Å². The highest BCUT2D eigenvalue weighted by atomic mass is 32.2. The average molecular weight is 299 g/mol. The van der Waals surface area contributed by atoms with Gasteiger partial charge in [-0.25, -0.2) is 0 Å². The van der Waals surface area contributed by atoms with Crippen LogP contribution in [0, 0.1) is 0 Å². The van der Waals surface area contributed by atoms with Crippen molar-refractivity contribution in [2.24, 2.45) is 0 Å². The molecule has 0 atom stereocenters. The molecule has 3 rings (SSSR count). The van der Waals surface area contributed by atoms with Crippen molar-refractivity contribution in [3.63, 3.8) is 0 Å². The summed E-state index contributed by atoms with van der Waals surface area (Å²) in [6.45, 7) is 0.0576. The van der Waals surface area contributed by atoms with Crippen molar-refractivity contribution in [3.05, 3.63) is 60.1 Å². The average Bonchev–Trinajstić information content (AvgIpc) is 3.03. The standard InChI is InChI=1S/C15H13N3O2S/c19-9-11-4-6-12(7-5-11)21-10-14-17-15(18-20-14)13-3-1-2-8-16-13/h1-8,19H,9-10H2. The first kappa shape index (κ1) is 13.8. The summed E-state index contributed by atoms with van der Waals surface area (Å²) < 4.78 is 5.22. The Labute approximate surface area is 126 Å². The summed E-state index contributed by atoms with van der Waals surface area (Å²) >= 11 is 1.60. The summed E-state index contributed by atoms with van der Waals surface area (Å²) in [6.07, 6.45) is 1.70. The van der Waals surface area contributed by atoms with Crippen LogP contribution in [0.2, 0.25) is 0 Å². The minimum Gasteiger partial charge on any atom is -0.392 e. The summed E-state index contributed by atoms with van der Waals surface area (Å²) in [5.41, 5.74) is 1.60. The lowest BCUT2D eigenvalue weighted by Gasteiger charge is -1.99. The summed E-state index contributed by atoms with van der Waals surface area (Å²) in [4.78, 5) is 9.60. The predicted molar refractivity (Wildman–Crippen MR) is 79.5 cm³/mol. The van der Waals surface area contributed by atoms with E-state index in [2.05, 4.69) is 15.1 Å². The van der Waals surface area contributed by atoms with Gasteiger partial charge in [0, 0.05) is 11.1 Å². The number of aromatic nitrogens is 3. The van der Waals surface area contributed by atoms with Crippen LogP contribution in [0.15, 0.2) is 58.1 Å². The van der Waals surface area contributed by atoms with Gasteiger partial charge >= 0.3 is 0 Å². The van der Waals surface area contributed by atoms with E-state index < -0.39 is 0 Å². The molecule has 0 amide bonds. The molecule has 0 saturated carbocycles. The molecular weight excluding hydrogens is 286 g/mol. The van der Waals surface area contributed by atoms with Gasteiger partial charge in [0.15, 0.2) is 0 Å². The molecule has 0 saturated heterocycles. The van der Waals surface area contributed by atoms with E-state index in [-0.39, 0.29) is 6.61 Å². The van der Waals surface area contributed by atoms with Gasteiger partial charge in [-0.3, -0.25) is 4.98 Å². The van der Waals surface area contributed by atoms with Gasteiger partial charge < -0.3 is 9.63 Å². The minimum absolute atomic E-state index is 0.0576. The van der Waals surface area contributed by atoms with Crippen molar-refractivity contribution in [1.29, 1.82) is 0 Å². The molecule has 0 unspecified atom stereocenters. The Balaban J connectivity index is 1.64. The van der Waals surface area contributed by atoms with Crippen molar-refractivity contribution >= 4 is 11.8 Å². The number of benzene rings is 1. The third-order valence-corrected chi connectivity index (χ3v) is 3.83. The highest BCUT2D eigenvalue weighted by Crippen LogP contribution is 2.23. The van der Waals surface area contributed by atoms with Crippen LogP contribution in [0.1, 0.15) is 11.5 Å². The molecular formula is C15H13N3O2S. The van der Waals surface area contributed by atoms with Gasteiger partial charge in [0.2, 0.25) is 11.7 Å². The van der Waals surface area contributed by atoms with E-state index in [1.165, 1.54) is 0 Å². The molecule has 1 aromatic carbocycles. The summed E-state index contributed by atoms with van der Waals surface area (Å²) in [6, 6.07) is 13.3. The van der Waals surface area contributed by atoms with Crippen molar-refractivity contribution < 1.29 is 9.63 Å². The molecule has 0 aliphatic carbocycles. The van der Waals surface area contributed by atoms with E-state index in [4.69, 9.17) is 9.63 Å². The molecule has 1 N–H and O–H groups in total. The third kappa shape index (κ3) is 3.48. The molecule has 0 spiro atoms. The fourth-order valence-electron chi connectivity index (χ4n) is 1.75.